The van der Waals surface area contributed by atoms with E-state index in [1.54, 1.807) is 4.90 Å². The Morgan fingerprint density at radius 1 is 1.15 bits per heavy atom. The number of urea groups is 1. The Hall–Kier alpha value is -1.26. The number of carbonyl (C=O) groups is 2. The van der Waals surface area contributed by atoms with Crippen molar-refractivity contribution in [3.05, 3.63) is 0 Å². The van der Waals surface area contributed by atoms with Gasteiger partial charge in [-0.25, -0.2) is 4.79 Å². The topological polar surface area (TPSA) is 60.9 Å². The average Bonchev–Trinajstić information content (AvgIpc) is 2.46. The smallest absolute Gasteiger partial charge is 0.320 e. The first-order chi connectivity index (χ1) is 9.49. The van der Waals surface area contributed by atoms with Gasteiger partial charge in [0.15, 0.2) is 0 Å². The van der Waals surface area contributed by atoms with Crippen molar-refractivity contribution >= 4 is 12.0 Å². The average molecular weight is 282 g/mol. The number of carboxylic acid groups (broad SMARTS) is 1. The molecule has 0 unspecified atom stereocenters. The van der Waals surface area contributed by atoms with E-state index in [-0.39, 0.29) is 6.03 Å². The van der Waals surface area contributed by atoms with Gasteiger partial charge >= 0.3 is 12.0 Å². The Morgan fingerprint density at radius 2 is 1.80 bits per heavy atom. The van der Waals surface area contributed by atoms with Crippen LogP contribution in [0.25, 0.3) is 0 Å². The molecule has 1 atom stereocenters. The molecule has 0 aromatic rings. The normalized spacial score (nSPS) is 30.9. The van der Waals surface area contributed by atoms with Crippen molar-refractivity contribution in [3.63, 3.8) is 0 Å². The first kappa shape index (κ1) is 15.1. The standard InChI is InChI=1S/C15H26N2O3/c1-11-5-7-13(8-6-11)16(2)15(20)17-9-3-4-12(10-17)14(18)19/h11-13H,3-10H2,1-2H3,(H,18,19)/t11?,12-,13?/m0/s1. The maximum Gasteiger partial charge on any atom is 0.320 e. The third-order valence-corrected chi connectivity index (χ3v) is 4.88. The highest BCUT2D eigenvalue weighted by Gasteiger charge is 2.32. The summed E-state index contributed by atoms with van der Waals surface area (Å²) in [5.41, 5.74) is 0. The van der Waals surface area contributed by atoms with Gasteiger partial charge in [-0.15, -0.1) is 0 Å². The van der Waals surface area contributed by atoms with Crippen molar-refractivity contribution in [2.75, 3.05) is 20.1 Å². The molecule has 1 saturated heterocycles. The van der Waals surface area contributed by atoms with Crippen LogP contribution in [0.3, 0.4) is 0 Å². The Balaban J connectivity index is 1.91. The molecule has 0 bridgehead atoms. The fourth-order valence-electron chi connectivity index (χ4n) is 3.36. The lowest BCUT2D eigenvalue weighted by Crippen LogP contribution is -2.51. The summed E-state index contributed by atoms with van der Waals surface area (Å²) in [6, 6.07) is 0.333. The molecule has 0 radical (unpaired) electrons. The number of nitrogens with zero attached hydrogens (tertiary/aromatic N) is 2. The van der Waals surface area contributed by atoms with Crippen LogP contribution in [0.5, 0.6) is 0 Å². The van der Waals surface area contributed by atoms with Crippen LogP contribution in [0.2, 0.25) is 0 Å². The Bertz CT molecular complexity index is 364. The van der Waals surface area contributed by atoms with Gasteiger partial charge in [0.05, 0.1) is 5.92 Å². The quantitative estimate of drug-likeness (QED) is 0.846. The van der Waals surface area contributed by atoms with Gasteiger partial charge in [-0.05, 0) is 44.4 Å². The highest BCUT2D eigenvalue weighted by atomic mass is 16.4. The molecule has 1 aliphatic heterocycles. The lowest BCUT2D eigenvalue weighted by atomic mass is 9.87. The van der Waals surface area contributed by atoms with Gasteiger partial charge in [-0.2, -0.15) is 0 Å². The number of carboxylic acids is 1. The van der Waals surface area contributed by atoms with Crippen molar-refractivity contribution in [3.8, 4) is 0 Å². The monoisotopic (exact) mass is 282 g/mol. The van der Waals surface area contributed by atoms with Gasteiger partial charge in [0.2, 0.25) is 0 Å². The van der Waals surface area contributed by atoms with E-state index in [1.165, 1.54) is 12.8 Å². The van der Waals surface area contributed by atoms with E-state index in [0.717, 1.165) is 25.2 Å². The molecule has 0 spiro atoms. The summed E-state index contributed by atoms with van der Waals surface area (Å²) in [6.07, 6.45) is 5.97. The molecule has 0 aromatic carbocycles. The van der Waals surface area contributed by atoms with Crippen molar-refractivity contribution in [1.29, 1.82) is 0 Å². The summed E-state index contributed by atoms with van der Waals surface area (Å²) in [7, 11) is 1.87. The van der Waals surface area contributed by atoms with E-state index < -0.39 is 11.9 Å². The van der Waals surface area contributed by atoms with E-state index in [9.17, 15) is 9.59 Å². The molecule has 1 N–H and O–H groups in total. The van der Waals surface area contributed by atoms with Crippen molar-refractivity contribution < 1.29 is 14.7 Å². The van der Waals surface area contributed by atoms with Crippen molar-refractivity contribution in [1.82, 2.24) is 9.80 Å². The second-order valence-electron chi connectivity index (χ2n) is 6.43. The van der Waals surface area contributed by atoms with Gasteiger partial charge in [0, 0.05) is 26.2 Å². The fourth-order valence-corrected chi connectivity index (χ4v) is 3.36. The second-order valence-corrected chi connectivity index (χ2v) is 6.43. The third kappa shape index (κ3) is 3.44. The second kappa shape index (κ2) is 6.46. The van der Waals surface area contributed by atoms with Crippen LogP contribution in [0.4, 0.5) is 4.79 Å². The number of hydrogen-bond donors (Lipinski definition) is 1. The van der Waals surface area contributed by atoms with E-state index >= 15 is 0 Å². The molecule has 2 rings (SSSR count). The summed E-state index contributed by atoms with van der Waals surface area (Å²) < 4.78 is 0. The van der Waals surface area contributed by atoms with Crippen LogP contribution in [0.1, 0.15) is 45.4 Å². The molecule has 2 amide bonds. The Morgan fingerprint density at radius 3 is 2.40 bits per heavy atom. The molecule has 2 aliphatic rings. The van der Waals surface area contributed by atoms with Crippen molar-refractivity contribution in [2.45, 2.75) is 51.5 Å². The minimum Gasteiger partial charge on any atom is -0.481 e. The zero-order chi connectivity index (χ0) is 14.7. The number of likely N-dealkylation sites (tertiary alicyclic amines) is 1. The molecule has 20 heavy (non-hydrogen) atoms. The SMILES string of the molecule is CC1CCC(N(C)C(=O)N2CCC[C@H](C(=O)O)C2)CC1. The molecule has 1 heterocycles. The molecule has 1 saturated carbocycles. The number of aliphatic carboxylic acids is 1. The molecule has 5 nitrogen and oxygen atoms in total. The van der Waals surface area contributed by atoms with Crippen LogP contribution < -0.4 is 0 Å². The first-order valence-corrected chi connectivity index (χ1v) is 7.73. The third-order valence-electron chi connectivity index (χ3n) is 4.88. The maximum atomic E-state index is 12.5. The summed E-state index contributed by atoms with van der Waals surface area (Å²) in [5.74, 6) is -0.412. The molecule has 1 aliphatic carbocycles. The van der Waals surface area contributed by atoms with Crippen molar-refractivity contribution in [2.24, 2.45) is 11.8 Å². The van der Waals surface area contributed by atoms with Crippen LogP contribution in [0, 0.1) is 11.8 Å². The number of carbonyl (C=O) groups excluding carboxylic acids is 1. The molecule has 2 fully saturated rings. The summed E-state index contributed by atoms with van der Waals surface area (Å²) in [6.45, 7) is 3.32. The van der Waals surface area contributed by atoms with Crippen LogP contribution in [-0.4, -0.2) is 53.1 Å². The molecular weight excluding hydrogens is 256 g/mol. The van der Waals surface area contributed by atoms with E-state index in [2.05, 4.69) is 6.92 Å². The van der Waals surface area contributed by atoms with Crippen LogP contribution in [0.15, 0.2) is 0 Å². The highest BCUT2D eigenvalue weighted by Crippen LogP contribution is 2.27. The summed E-state index contributed by atoms with van der Waals surface area (Å²) in [5, 5.41) is 9.10. The van der Waals surface area contributed by atoms with Gasteiger partial charge < -0.3 is 14.9 Å². The van der Waals surface area contributed by atoms with Gasteiger partial charge in [0.25, 0.3) is 0 Å². The maximum absolute atomic E-state index is 12.5. The lowest BCUT2D eigenvalue weighted by molar-refractivity contribution is -0.143. The van der Waals surface area contributed by atoms with E-state index in [1.807, 2.05) is 11.9 Å². The zero-order valence-electron chi connectivity index (χ0n) is 12.5. The number of hydrogen-bond acceptors (Lipinski definition) is 2. The van der Waals surface area contributed by atoms with Crippen LogP contribution >= 0.6 is 0 Å². The summed E-state index contributed by atoms with van der Waals surface area (Å²) >= 11 is 0. The number of amides is 2. The molecular formula is C15H26N2O3. The molecule has 0 aromatic heterocycles. The lowest BCUT2D eigenvalue weighted by Gasteiger charge is -2.39. The molecule has 114 valence electrons. The Labute approximate surface area is 120 Å². The zero-order valence-corrected chi connectivity index (χ0v) is 12.5. The fraction of sp³-hybridized carbons (Fsp3) is 0.867. The predicted octanol–water partition coefficient (Wildman–Crippen LogP) is 2.41. The summed E-state index contributed by atoms with van der Waals surface area (Å²) in [4.78, 5) is 27.2. The minimum atomic E-state index is -0.781. The van der Waals surface area contributed by atoms with Gasteiger partial charge in [0.1, 0.15) is 0 Å². The number of piperidine rings is 1. The largest absolute Gasteiger partial charge is 0.481 e. The van der Waals surface area contributed by atoms with E-state index in [0.29, 0.717) is 25.6 Å². The van der Waals surface area contributed by atoms with Gasteiger partial charge in [-0.1, -0.05) is 6.92 Å². The number of rotatable bonds is 2. The van der Waals surface area contributed by atoms with Crippen LogP contribution in [-0.2, 0) is 4.79 Å². The first-order valence-electron chi connectivity index (χ1n) is 7.73. The Kier molecular flexibility index (Phi) is 4.89. The van der Waals surface area contributed by atoms with Gasteiger partial charge in [-0.3, -0.25) is 4.79 Å². The molecule has 5 heteroatoms. The van der Waals surface area contributed by atoms with E-state index in [4.69, 9.17) is 5.11 Å². The predicted molar refractivity (Wildman–Crippen MR) is 76.5 cm³/mol. The minimum absolute atomic E-state index is 0.00973. The highest BCUT2D eigenvalue weighted by molar-refractivity contribution is 5.76.